The lowest BCUT2D eigenvalue weighted by Gasteiger charge is -2.31. The van der Waals surface area contributed by atoms with Crippen molar-refractivity contribution in [3.8, 4) is 0 Å². The van der Waals surface area contributed by atoms with Crippen LogP contribution in [0.2, 0.25) is 0 Å². The van der Waals surface area contributed by atoms with Crippen molar-refractivity contribution in [1.82, 2.24) is 9.88 Å². The molecule has 0 amide bonds. The van der Waals surface area contributed by atoms with Crippen molar-refractivity contribution in [2.75, 3.05) is 31.6 Å². The first kappa shape index (κ1) is 20.9. The van der Waals surface area contributed by atoms with Crippen molar-refractivity contribution in [2.24, 2.45) is 5.11 Å². The number of morpholine rings is 1. The number of nitrogens with zero attached hydrogens (tertiary/aromatic N) is 2. The fourth-order valence-electron chi connectivity index (χ4n) is 3.61. The summed E-state index contributed by atoms with van der Waals surface area (Å²) in [4.78, 5) is 17.3. The van der Waals surface area contributed by atoms with Crippen LogP contribution in [-0.4, -0.2) is 41.3 Å². The van der Waals surface area contributed by atoms with Gasteiger partial charge in [0.25, 0.3) is 5.56 Å². The molecule has 1 aliphatic heterocycles. The van der Waals surface area contributed by atoms with E-state index in [9.17, 15) is 9.90 Å². The number of pyridine rings is 1. The van der Waals surface area contributed by atoms with Crippen LogP contribution in [0.4, 0.5) is 5.69 Å². The molecule has 0 aliphatic carbocycles. The molecule has 0 radical (unpaired) electrons. The minimum absolute atomic E-state index is 0.223. The van der Waals surface area contributed by atoms with Crippen molar-refractivity contribution in [1.29, 1.82) is 5.53 Å². The molecule has 8 heteroatoms. The Morgan fingerprint density at radius 1 is 1.23 bits per heavy atom. The smallest absolute Gasteiger partial charge is 0.258 e. The minimum Gasteiger partial charge on any atom is -0.379 e. The zero-order valence-corrected chi connectivity index (χ0v) is 17.3. The summed E-state index contributed by atoms with van der Waals surface area (Å²) in [6.45, 7) is 4.59. The van der Waals surface area contributed by atoms with Crippen LogP contribution in [0, 0.1) is 12.5 Å². The molecule has 31 heavy (non-hydrogen) atoms. The molecule has 0 saturated carbocycles. The predicted octanol–water partition coefficient (Wildman–Crippen LogP) is 3.60. The average Bonchev–Trinajstić information content (AvgIpc) is 2.80. The van der Waals surface area contributed by atoms with Gasteiger partial charge in [-0.1, -0.05) is 24.3 Å². The normalized spacial score (nSPS) is 16.3. The van der Waals surface area contributed by atoms with Gasteiger partial charge >= 0.3 is 0 Å². The quantitative estimate of drug-likeness (QED) is 0.456. The maximum atomic E-state index is 12.5. The number of aliphatic hydroxyl groups excluding tert-OH is 1. The third kappa shape index (κ3) is 4.72. The number of anilines is 1. The number of nitrogens with one attached hydrogen (secondary N) is 3. The van der Waals surface area contributed by atoms with Crippen LogP contribution in [0.25, 0.3) is 16.6 Å². The highest BCUT2D eigenvalue weighted by Gasteiger charge is 2.19. The highest BCUT2D eigenvalue weighted by molar-refractivity contribution is 5.83. The largest absolute Gasteiger partial charge is 0.379 e. The van der Waals surface area contributed by atoms with Crippen molar-refractivity contribution >= 4 is 22.3 Å². The molecule has 1 saturated heterocycles. The summed E-state index contributed by atoms with van der Waals surface area (Å²) >= 11 is 0. The predicted molar refractivity (Wildman–Crippen MR) is 120 cm³/mol. The molecule has 1 atom stereocenters. The van der Waals surface area contributed by atoms with Gasteiger partial charge in [-0.3, -0.25) is 9.69 Å². The first-order chi connectivity index (χ1) is 15.0. The maximum absolute atomic E-state index is 12.5. The Bertz CT molecular complexity index is 1160. The summed E-state index contributed by atoms with van der Waals surface area (Å²) in [6, 6.07) is 14.9. The Balaban J connectivity index is 1.52. The Hall–Kier alpha value is -3.33. The molecule has 1 aromatic heterocycles. The monoisotopic (exact) mass is 419 g/mol. The molecule has 1 fully saturated rings. The third-order valence-electron chi connectivity index (χ3n) is 5.37. The van der Waals surface area contributed by atoms with Crippen LogP contribution < -0.4 is 10.9 Å². The number of ether oxygens (including phenoxy) is 1. The number of hydrogen-bond acceptors (Lipinski definition) is 7. The number of benzene rings is 2. The van der Waals surface area contributed by atoms with E-state index in [2.05, 4.69) is 15.4 Å². The van der Waals surface area contributed by atoms with Gasteiger partial charge in [0, 0.05) is 30.5 Å². The number of aliphatic hydroxyl groups is 1. The zero-order valence-electron chi connectivity index (χ0n) is 17.3. The molecule has 160 valence electrons. The van der Waals surface area contributed by atoms with E-state index in [0.29, 0.717) is 31.9 Å². The number of aromatic amines is 1. The van der Waals surface area contributed by atoms with Gasteiger partial charge in [-0.15, -0.1) is 0 Å². The van der Waals surface area contributed by atoms with E-state index in [1.54, 1.807) is 6.07 Å². The van der Waals surface area contributed by atoms with Gasteiger partial charge in [0.05, 0.1) is 18.8 Å². The van der Waals surface area contributed by atoms with E-state index in [0.717, 1.165) is 27.7 Å². The second-order valence-corrected chi connectivity index (χ2v) is 7.53. The van der Waals surface area contributed by atoms with Crippen LogP contribution in [0.1, 0.15) is 22.9 Å². The van der Waals surface area contributed by atoms with Gasteiger partial charge in [0.1, 0.15) is 11.9 Å². The summed E-state index contributed by atoms with van der Waals surface area (Å²) < 4.78 is 5.33. The first-order valence-corrected chi connectivity index (χ1v) is 10.1. The SMILES string of the molecule is Cc1ccc2cc(/C(=C/Nc3ccc(C(O)N4CCOCC4)cc3)N=N)c(=O)[nH]c2c1. The molecule has 4 rings (SSSR count). The summed E-state index contributed by atoms with van der Waals surface area (Å²) in [6.07, 6.45) is 0.859. The van der Waals surface area contributed by atoms with E-state index in [4.69, 9.17) is 10.3 Å². The lowest BCUT2D eigenvalue weighted by atomic mass is 10.1. The molecule has 1 unspecified atom stereocenters. The fraction of sp³-hybridized carbons (Fsp3) is 0.261. The number of aryl methyl sites for hydroxylation is 1. The molecular formula is C23H25N5O3. The average molecular weight is 419 g/mol. The lowest BCUT2D eigenvalue weighted by Crippen LogP contribution is -2.38. The van der Waals surface area contributed by atoms with Crippen LogP contribution in [0.5, 0.6) is 0 Å². The maximum Gasteiger partial charge on any atom is 0.258 e. The second-order valence-electron chi connectivity index (χ2n) is 7.53. The van der Waals surface area contributed by atoms with Gasteiger partial charge in [-0.2, -0.15) is 5.11 Å². The van der Waals surface area contributed by atoms with Crippen molar-refractivity contribution in [2.45, 2.75) is 13.2 Å². The van der Waals surface area contributed by atoms with E-state index in [-0.39, 0.29) is 11.3 Å². The Labute approximate surface area is 179 Å². The highest BCUT2D eigenvalue weighted by atomic mass is 16.5. The second kappa shape index (κ2) is 9.22. The molecular weight excluding hydrogens is 394 g/mol. The van der Waals surface area contributed by atoms with Crippen molar-refractivity contribution < 1.29 is 9.84 Å². The van der Waals surface area contributed by atoms with Crippen LogP contribution in [0.15, 0.2) is 64.6 Å². The molecule has 1 aliphatic rings. The minimum atomic E-state index is -0.674. The molecule has 4 N–H and O–H groups in total. The lowest BCUT2D eigenvalue weighted by molar-refractivity contribution is -0.0603. The standard InChI is InChI=1S/C23H25N5O3/c1-15-2-3-17-13-19(22(29)26-20(17)12-15)21(27-24)14-25-18-6-4-16(5-7-18)23(30)28-8-10-31-11-9-28/h2-7,12-14,23-25,30H,8-11H2,1H3,(H,26,29)/b21-14-,27-24?. The summed E-state index contributed by atoms with van der Waals surface area (Å²) in [5.41, 5.74) is 11.1. The van der Waals surface area contributed by atoms with E-state index in [1.807, 2.05) is 54.3 Å². The Kier molecular flexibility index (Phi) is 6.22. The topological polar surface area (TPSA) is 114 Å². The molecule has 0 spiro atoms. The Morgan fingerprint density at radius 2 is 1.97 bits per heavy atom. The molecule has 2 aromatic carbocycles. The fourth-order valence-corrected chi connectivity index (χ4v) is 3.61. The van der Waals surface area contributed by atoms with E-state index in [1.165, 1.54) is 6.20 Å². The van der Waals surface area contributed by atoms with Crippen LogP contribution in [-0.2, 0) is 4.74 Å². The van der Waals surface area contributed by atoms with Gasteiger partial charge in [-0.05, 0) is 47.7 Å². The number of aromatic nitrogens is 1. The third-order valence-corrected chi connectivity index (χ3v) is 5.37. The zero-order chi connectivity index (χ0) is 21.8. The molecule has 3 aromatic rings. The Morgan fingerprint density at radius 3 is 2.68 bits per heavy atom. The first-order valence-electron chi connectivity index (χ1n) is 10.1. The van der Waals surface area contributed by atoms with E-state index < -0.39 is 6.23 Å². The van der Waals surface area contributed by atoms with Gasteiger partial charge in [0.15, 0.2) is 0 Å². The number of hydrogen-bond donors (Lipinski definition) is 4. The van der Waals surface area contributed by atoms with Gasteiger partial charge < -0.3 is 20.1 Å². The number of rotatable bonds is 6. The van der Waals surface area contributed by atoms with Crippen LogP contribution in [0.3, 0.4) is 0 Å². The molecule has 8 nitrogen and oxygen atoms in total. The molecule has 0 bridgehead atoms. The number of H-pyrrole nitrogens is 1. The summed E-state index contributed by atoms with van der Waals surface area (Å²) in [5.74, 6) is 0. The van der Waals surface area contributed by atoms with Crippen LogP contribution >= 0.6 is 0 Å². The van der Waals surface area contributed by atoms with Crippen molar-refractivity contribution in [3.05, 3.63) is 81.8 Å². The van der Waals surface area contributed by atoms with Crippen molar-refractivity contribution in [3.63, 3.8) is 0 Å². The van der Waals surface area contributed by atoms with E-state index >= 15 is 0 Å². The van der Waals surface area contributed by atoms with Gasteiger partial charge in [-0.25, -0.2) is 5.53 Å². The summed E-state index contributed by atoms with van der Waals surface area (Å²) in [5, 5.41) is 18.0. The summed E-state index contributed by atoms with van der Waals surface area (Å²) in [7, 11) is 0. The molecule has 2 heterocycles. The van der Waals surface area contributed by atoms with Gasteiger partial charge in [0.2, 0.25) is 0 Å². The number of fused-ring (bicyclic) bond motifs is 1. The highest BCUT2D eigenvalue weighted by Crippen LogP contribution is 2.22.